The largest absolute Gasteiger partial charge is 0.367 e. The van der Waals surface area contributed by atoms with E-state index in [9.17, 15) is 4.39 Å². The molecule has 0 fully saturated rings. The van der Waals surface area contributed by atoms with Crippen molar-refractivity contribution in [2.24, 2.45) is 5.73 Å². The van der Waals surface area contributed by atoms with Crippen LogP contribution in [-0.2, 0) is 6.54 Å². The smallest absolute Gasteiger partial charge is 0.126 e. The van der Waals surface area contributed by atoms with Crippen molar-refractivity contribution in [3.8, 4) is 0 Å². The summed E-state index contributed by atoms with van der Waals surface area (Å²) in [7, 11) is 0. The second kappa shape index (κ2) is 6.68. The van der Waals surface area contributed by atoms with E-state index in [-0.39, 0.29) is 11.9 Å². The molecule has 1 unspecified atom stereocenters. The molecule has 1 heterocycles. The molecule has 3 nitrogen and oxygen atoms in total. The third-order valence-corrected chi connectivity index (χ3v) is 3.64. The summed E-state index contributed by atoms with van der Waals surface area (Å²) in [6, 6.07) is 7.22. The lowest BCUT2D eigenvalue weighted by Crippen LogP contribution is -2.25. The Morgan fingerprint density at radius 2 is 1.95 bits per heavy atom. The lowest BCUT2D eigenvalue weighted by Gasteiger charge is -2.27. The normalized spacial score (nSPS) is 12.2. The summed E-state index contributed by atoms with van der Waals surface area (Å²) >= 11 is 0. The second-order valence-corrected chi connectivity index (χ2v) is 5.32. The average molecular weight is 287 g/mol. The van der Waals surface area contributed by atoms with Crippen LogP contribution in [0.5, 0.6) is 0 Å². The van der Waals surface area contributed by atoms with Crippen LogP contribution < -0.4 is 10.6 Å². The molecule has 0 bridgehead atoms. The van der Waals surface area contributed by atoms with Crippen molar-refractivity contribution in [3.05, 3.63) is 59.2 Å². The van der Waals surface area contributed by atoms with Crippen molar-refractivity contribution in [1.82, 2.24) is 4.98 Å². The number of nitrogens with zero attached hydrogens (tertiary/aromatic N) is 2. The summed E-state index contributed by atoms with van der Waals surface area (Å²) in [5.41, 5.74) is 9.67. The van der Waals surface area contributed by atoms with Crippen LogP contribution in [0.2, 0.25) is 0 Å². The third kappa shape index (κ3) is 3.58. The van der Waals surface area contributed by atoms with Crippen LogP contribution in [-0.4, -0.2) is 11.5 Å². The Labute approximate surface area is 125 Å². The lowest BCUT2D eigenvalue weighted by molar-refractivity contribution is 0.612. The van der Waals surface area contributed by atoms with Gasteiger partial charge in [-0.1, -0.05) is 0 Å². The lowest BCUT2D eigenvalue weighted by atomic mass is 10.0. The van der Waals surface area contributed by atoms with E-state index in [0.717, 1.165) is 24.3 Å². The van der Waals surface area contributed by atoms with E-state index in [1.165, 1.54) is 5.56 Å². The summed E-state index contributed by atoms with van der Waals surface area (Å²) < 4.78 is 13.8. The van der Waals surface area contributed by atoms with Gasteiger partial charge in [-0.2, -0.15) is 0 Å². The quantitative estimate of drug-likeness (QED) is 0.914. The topological polar surface area (TPSA) is 42.2 Å². The average Bonchev–Trinajstić information content (AvgIpc) is 2.48. The Bertz CT molecular complexity index is 596. The number of anilines is 1. The zero-order valence-electron chi connectivity index (χ0n) is 12.8. The first-order chi connectivity index (χ1) is 10.0. The van der Waals surface area contributed by atoms with Gasteiger partial charge in [-0.3, -0.25) is 4.98 Å². The van der Waals surface area contributed by atoms with Crippen molar-refractivity contribution in [3.63, 3.8) is 0 Å². The summed E-state index contributed by atoms with van der Waals surface area (Å²) in [5.74, 6) is -0.203. The van der Waals surface area contributed by atoms with Crippen LogP contribution in [0.15, 0.2) is 36.7 Å². The van der Waals surface area contributed by atoms with Crippen molar-refractivity contribution in [2.45, 2.75) is 33.4 Å². The highest BCUT2D eigenvalue weighted by Crippen LogP contribution is 2.29. The second-order valence-electron chi connectivity index (χ2n) is 5.32. The van der Waals surface area contributed by atoms with Crippen LogP contribution in [0.4, 0.5) is 10.1 Å². The number of halogens is 1. The molecule has 1 aromatic heterocycles. The number of pyridine rings is 1. The van der Waals surface area contributed by atoms with Gasteiger partial charge in [0, 0.05) is 37.2 Å². The van der Waals surface area contributed by atoms with Crippen molar-refractivity contribution >= 4 is 5.69 Å². The number of aryl methyl sites for hydroxylation is 1. The molecule has 112 valence electrons. The van der Waals surface area contributed by atoms with E-state index >= 15 is 0 Å². The van der Waals surface area contributed by atoms with E-state index in [1.807, 2.05) is 25.1 Å². The minimum Gasteiger partial charge on any atom is -0.367 e. The van der Waals surface area contributed by atoms with E-state index in [4.69, 9.17) is 5.73 Å². The summed E-state index contributed by atoms with van der Waals surface area (Å²) in [5, 5.41) is 0. The van der Waals surface area contributed by atoms with Gasteiger partial charge in [0.25, 0.3) is 0 Å². The Morgan fingerprint density at radius 1 is 1.29 bits per heavy atom. The number of rotatable bonds is 5. The highest BCUT2D eigenvalue weighted by atomic mass is 19.1. The van der Waals surface area contributed by atoms with Crippen LogP contribution in [0.25, 0.3) is 0 Å². The van der Waals surface area contributed by atoms with Gasteiger partial charge in [0.05, 0.1) is 0 Å². The van der Waals surface area contributed by atoms with Gasteiger partial charge in [0.15, 0.2) is 0 Å². The first-order valence-corrected chi connectivity index (χ1v) is 7.22. The molecule has 0 aliphatic rings. The monoisotopic (exact) mass is 287 g/mol. The van der Waals surface area contributed by atoms with Gasteiger partial charge in [0.2, 0.25) is 0 Å². The molecule has 0 amide bonds. The Balaban J connectivity index is 2.39. The Morgan fingerprint density at radius 3 is 2.52 bits per heavy atom. The van der Waals surface area contributed by atoms with Gasteiger partial charge < -0.3 is 10.6 Å². The molecular formula is C17H22FN3. The molecule has 0 saturated heterocycles. The first kappa shape index (κ1) is 15.4. The van der Waals surface area contributed by atoms with Crippen molar-refractivity contribution < 1.29 is 4.39 Å². The number of nitrogens with two attached hydrogens (primary N) is 1. The highest BCUT2D eigenvalue weighted by Gasteiger charge is 2.16. The number of benzene rings is 1. The maximum absolute atomic E-state index is 13.8. The van der Waals surface area contributed by atoms with Crippen LogP contribution in [0.1, 0.15) is 36.6 Å². The molecule has 2 aromatic rings. The maximum Gasteiger partial charge on any atom is 0.126 e. The van der Waals surface area contributed by atoms with Crippen LogP contribution in [0, 0.1) is 12.7 Å². The fourth-order valence-electron chi connectivity index (χ4n) is 2.40. The minimum absolute atomic E-state index is 0.203. The van der Waals surface area contributed by atoms with Gasteiger partial charge >= 0.3 is 0 Å². The molecule has 0 aliphatic heterocycles. The van der Waals surface area contributed by atoms with E-state index in [0.29, 0.717) is 5.56 Å². The zero-order chi connectivity index (χ0) is 15.4. The van der Waals surface area contributed by atoms with E-state index in [2.05, 4.69) is 16.8 Å². The van der Waals surface area contributed by atoms with Gasteiger partial charge in [-0.25, -0.2) is 4.39 Å². The van der Waals surface area contributed by atoms with Gasteiger partial charge in [-0.05, 0) is 61.7 Å². The Hall–Kier alpha value is -1.94. The SMILES string of the molecule is CCN(Cc1ccncc1)c1cc(C)c(F)cc1C(C)N. The van der Waals surface area contributed by atoms with Gasteiger partial charge in [-0.15, -0.1) is 0 Å². The molecule has 2 N–H and O–H groups in total. The van der Waals surface area contributed by atoms with Gasteiger partial charge in [0.1, 0.15) is 5.82 Å². The standard InChI is InChI=1S/C17H22FN3/c1-4-21(11-14-5-7-20-8-6-14)17-9-12(2)16(18)10-15(17)13(3)19/h5-10,13H,4,11,19H2,1-3H3. The van der Waals surface area contributed by atoms with E-state index in [1.54, 1.807) is 25.4 Å². The molecular weight excluding hydrogens is 265 g/mol. The van der Waals surface area contributed by atoms with Crippen LogP contribution in [0.3, 0.4) is 0 Å². The molecule has 0 saturated carbocycles. The number of hydrogen-bond acceptors (Lipinski definition) is 3. The van der Waals surface area contributed by atoms with Crippen molar-refractivity contribution in [2.75, 3.05) is 11.4 Å². The molecule has 1 atom stereocenters. The molecule has 0 radical (unpaired) electrons. The third-order valence-electron chi connectivity index (χ3n) is 3.64. The van der Waals surface area contributed by atoms with E-state index < -0.39 is 0 Å². The first-order valence-electron chi connectivity index (χ1n) is 7.22. The Kier molecular flexibility index (Phi) is 4.91. The highest BCUT2D eigenvalue weighted by molar-refractivity contribution is 5.57. The molecule has 21 heavy (non-hydrogen) atoms. The molecule has 0 aliphatic carbocycles. The summed E-state index contributed by atoms with van der Waals surface area (Å²) in [4.78, 5) is 6.24. The minimum atomic E-state index is -0.207. The zero-order valence-corrected chi connectivity index (χ0v) is 12.8. The fourth-order valence-corrected chi connectivity index (χ4v) is 2.40. The molecule has 2 rings (SSSR count). The number of aromatic nitrogens is 1. The van der Waals surface area contributed by atoms with Crippen molar-refractivity contribution in [1.29, 1.82) is 0 Å². The van der Waals surface area contributed by atoms with Crippen LogP contribution >= 0.6 is 0 Å². The molecule has 0 spiro atoms. The predicted octanol–water partition coefficient (Wildman–Crippen LogP) is 3.58. The molecule has 1 aromatic carbocycles. The number of hydrogen-bond donors (Lipinski definition) is 1. The maximum atomic E-state index is 13.8. The molecule has 4 heteroatoms. The summed E-state index contributed by atoms with van der Waals surface area (Å²) in [6.45, 7) is 7.33. The predicted molar refractivity (Wildman–Crippen MR) is 84.7 cm³/mol. The summed E-state index contributed by atoms with van der Waals surface area (Å²) in [6.07, 6.45) is 3.57. The fraction of sp³-hybridized carbons (Fsp3) is 0.353.